The van der Waals surface area contributed by atoms with Crippen molar-refractivity contribution in [3.63, 3.8) is 0 Å². The topological polar surface area (TPSA) is 23.5 Å². The minimum Gasteiger partial charge on any atom is -0.387 e. The van der Waals surface area contributed by atoms with Crippen molar-refractivity contribution in [1.29, 1.82) is 0 Å². The second-order valence-electron chi connectivity index (χ2n) is 4.81. The van der Waals surface area contributed by atoms with Crippen LogP contribution >= 0.6 is 0 Å². The molecule has 2 nitrogen and oxygen atoms in total. The molecule has 1 fully saturated rings. The highest BCUT2D eigenvalue weighted by Crippen LogP contribution is 2.22. The number of hydrogen-bond donors (Lipinski definition) is 1. The number of nitrogens with zero attached hydrogens (tertiary/aromatic N) is 1. The number of rotatable bonds is 3. The average Bonchev–Trinajstić information content (AvgIpc) is 2.74. The monoisotopic (exact) mass is 219 g/mol. The summed E-state index contributed by atoms with van der Waals surface area (Å²) in [6, 6.07) is 6.18. The summed E-state index contributed by atoms with van der Waals surface area (Å²) in [7, 11) is 0. The van der Waals surface area contributed by atoms with Gasteiger partial charge in [-0.15, -0.1) is 0 Å². The van der Waals surface area contributed by atoms with Gasteiger partial charge >= 0.3 is 0 Å². The molecular formula is C14H21NO. The van der Waals surface area contributed by atoms with E-state index in [9.17, 15) is 5.11 Å². The zero-order valence-corrected chi connectivity index (χ0v) is 10.2. The summed E-state index contributed by atoms with van der Waals surface area (Å²) in [6.45, 7) is 7.26. The predicted octanol–water partition coefficient (Wildman–Crippen LogP) is 2.43. The molecule has 16 heavy (non-hydrogen) atoms. The van der Waals surface area contributed by atoms with Crippen LogP contribution in [-0.4, -0.2) is 29.6 Å². The van der Waals surface area contributed by atoms with Crippen molar-refractivity contribution in [2.45, 2.75) is 32.8 Å². The van der Waals surface area contributed by atoms with E-state index in [1.165, 1.54) is 24.0 Å². The van der Waals surface area contributed by atoms with E-state index >= 15 is 0 Å². The van der Waals surface area contributed by atoms with E-state index < -0.39 is 0 Å². The molecule has 1 aromatic rings. The fourth-order valence-electron chi connectivity index (χ4n) is 2.44. The highest BCUT2D eigenvalue weighted by Gasteiger charge is 2.18. The first kappa shape index (κ1) is 11.6. The Morgan fingerprint density at radius 1 is 1.25 bits per heavy atom. The standard InChI is InChI=1S/C14H21NO/c1-11-6-5-7-13(12(11)2)14(16)10-15-8-3-4-9-15/h5-7,14,16H,3-4,8-10H2,1-2H3. The number of likely N-dealkylation sites (tertiary alicyclic amines) is 1. The summed E-state index contributed by atoms with van der Waals surface area (Å²) in [5, 5.41) is 10.2. The number of hydrogen-bond acceptors (Lipinski definition) is 2. The third kappa shape index (κ3) is 2.45. The molecule has 0 radical (unpaired) electrons. The normalized spacial score (nSPS) is 18.9. The fourth-order valence-corrected chi connectivity index (χ4v) is 2.44. The Hall–Kier alpha value is -0.860. The molecule has 2 heteroatoms. The van der Waals surface area contributed by atoms with Crippen LogP contribution in [0, 0.1) is 13.8 Å². The number of benzene rings is 1. The van der Waals surface area contributed by atoms with Gasteiger partial charge in [0.1, 0.15) is 0 Å². The highest BCUT2D eigenvalue weighted by molar-refractivity contribution is 5.34. The molecule has 1 N–H and O–H groups in total. The molecule has 1 saturated heterocycles. The van der Waals surface area contributed by atoms with Crippen LogP contribution in [0.1, 0.15) is 35.6 Å². The number of β-amino-alcohol motifs (C(OH)–C–C–N with tert-alkyl or cyclic N) is 1. The van der Waals surface area contributed by atoms with Gasteiger partial charge in [-0.3, -0.25) is 0 Å². The minimum atomic E-state index is -0.335. The van der Waals surface area contributed by atoms with Gasteiger partial charge in [0.25, 0.3) is 0 Å². The van der Waals surface area contributed by atoms with Crippen molar-refractivity contribution >= 4 is 0 Å². The summed E-state index contributed by atoms with van der Waals surface area (Å²) >= 11 is 0. The van der Waals surface area contributed by atoms with Crippen LogP contribution in [0.25, 0.3) is 0 Å². The summed E-state index contributed by atoms with van der Waals surface area (Å²) in [6.07, 6.45) is 2.22. The summed E-state index contributed by atoms with van der Waals surface area (Å²) in [5.41, 5.74) is 3.58. The molecule has 1 aliphatic heterocycles. The first-order chi connectivity index (χ1) is 7.68. The molecule has 0 saturated carbocycles. The van der Waals surface area contributed by atoms with E-state index in [0.717, 1.165) is 25.2 Å². The SMILES string of the molecule is Cc1cccc(C(O)CN2CCCC2)c1C. The van der Waals surface area contributed by atoms with Crippen LogP contribution in [0.3, 0.4) is 0 Å². The lowest BCUT2D eigenvalue weighted by molar-refractivity contribution is 0.125. The van der Waals surface area contributed by atoms with Gasteiger partial charge in [-0.1, -0.05) is 18.2 Å². The fraction of sp³-hybridized carbons (Fsp3) is 0.571. The van der Waals surface area contributed by atoms with Gasteiger partial charge in [0.15, 0.2) is 0 Å². The van der Waals surface area contributed by atoms with E-state index in [1.54, 1.807) is 0 Å². The van der Waals surface area contributed by atoms with E-state index in [0.29, 0.717) is 0 Å². The molecule has 0 aliphatic carbocycles. The first-order valence-corrected chi connectivity index (χ1v) is 6.15. The second-order valence-corrected chi connectivity index (χ2v) is 4.81. The van der Waals surface area contributed by atoms with Gasteiger partial charge in [0.05, 0.1) is 6.10 Å². The van der Waals surface area contributed by atoms with Gasteiger partial charge < -0.3 is 10.0 Å². The highest BCUT2D eigenvalue weighted by atomic mass is 16.3. The van der Waals surface area contributed by atoms with Gasteiger partial charge in [-0.2, -0.15) is 0 Å². The van der Waals surface area contributed by atoms with Crippen LogP contribution in [0.4, 0.5) is 0 Å². The van der Waals surface area contributed by atoms with Crippen molar-refractivity contribution in [3.05, 3.63) is 34.9 Å². The van der Waals surface area contributed by atoms with Gasteiger partial charge in [-0.25, -0.2) is 0 Å². The molecule has 1 heterocycles. The molecule has 1 aliphatic rings. The van der Waals surface area contributed by atoms with Crippen LogP contribution in [0.5, 0.6) is 0 Å². The van der Waals surface area contributed by atoms with Crippen molar-refractivity contribution in [2.75, 3.05) is 19.6 Å². The average molecular weight is 219 g/mol. The van der Waals surface area contributed by atoms with Gasteiger partial charge in [-0.05, 0) is 56.5 Å². The third-order valence-electron chi connectivity index (χ3n) is 3.64. The van der Waals surface area contributed by atoms with Gasteiger partial charge in [0.2, 0.25) is 0 Å². The lowest BCUT2D eigenvalue weighted by Gasteiger charge is -2.21. The molecule has 1 aromatic carbocycles. The zero-order valence-electron chi connectivity index (χ0n) is 10.2. The second kappa shape index (κ2) is 4.98. The molecule has 0 bridgehead atoms. The minimum absolute atomic E-state index is 0.335. The Bertz CT molecular complexity index is 356. The van der Waals surface area contributed by atoms with Crippen LogP contribution in [0.2, 0.25) is 0 Å². The Labute approximate surface area is 97.9 Å². The van der Waals surface area contributed by atoms with Crippen molar-refractivity contribution in [3.8, 4) is 0 Å². The van der Waals surface area contributed by atoms with Gasteiger partial charge in [0, 0.05) is 6.54 Å². The first-order valence-electron chi connectivity index (χ1n) is 6.15. The van der Waals surface area contributed by atoms with Crippen molar-refractivity contribution < 1.29 is 5.11 Å². The lowest BCUT2D eigenvalue weighted by atomic mass is 9.99. The van der Waals surface area contributed by atoms with E-state index in [2.05, 4.69) is 24.8 Å². The summed E-state index contributed by atoms with van der Waals surface area (Å²) in [4.78, 5) is 2.35. The predicted molar refractivity (Wildman–Crippen MR) is 66.5 cm³/mol. The molecular weight excluding hydrogens is 198 g/mol. The van der Waals surface area contributed by atoms with Crippen LogP contribution in [-0.2, 0) is 0 Å². The van der Waals surface area contributed by atoms with Crippen molar-refractivity contribution in [2.24, 2.45) is 0 Å². The largest absolute Gasteiger partial charge is 0.387 e. The summed E-state index contributed by atoms with van der Waals surface area (Å²) < 4.78 is 0. The Balaban J connectivity index is 2.07. The smallest absolute Gasteiger partial charge is 0.0919 e. The molecule has 0 aromatic heterocycles. The summed E-state index contributed by atoms with van der Waals surface area (Å²) in [5.74, 6) is 0. The van der Waals surface area contributed by atoms with E-state index in [-0.39, 0.29) is 6.10 Å². The third-order valence-corrected chi connectivity index (χ3v) is 3.64. The molecule has 1 unspecified atom stereocenters. The van der Waals surface area contributed by atoms with E-state index in [1.807, 2.05) is 12.1 Å². The lowest BCUT2D eigenvalue weighted by Crippen LogP contribution is -2.25. The maximum absolute atomic E-state index is 10.2. The Kier molecular flexibility index (Phi) is 3.62. The number of aryl methyl sites for hydroxylation is 1. The molecule has 1 atom stereocenters. The zero-order chi connectivity index (χ0) is 11.5. The van der Waals surface area contributed by atoms with Crippen molar-refractivity contribution in [1.82, 2.24) is 4.90 Å². The molecule has 0 amide bonds. The Morgan fingerprint density at radius 2 is 1.94 bits per heavy atom. The van der Waals surface area contributed by atoms with Crippen LogP contribution in [0.15, 0.2) is 18.2 Å². The Morgan fingerprint density at radius 3 is 2.62 bits per heavy atom. The van der Waals surface area contributed by atoms with Crippen LogP contribution < -0.4 is 0 Å². The maximum Gasteiger partial charge on any atom is 0.0919 e. The molecule has 2 rings (SSSR count). The quantitative estimate of drug-likeness (QED) is 0.844. The van der Waals surface area contributed by atoms with E-state index in [4.69, 9.17) is 0 Å². The molecule has 0 spiro atoms. The number of aliphatic hydroxyl groups excluding tert-OH is 1. The number of aliphatic hydroxyl groups is 1. The maximum atomic E-state index is 10.2. The molecule has 88 valence electrons.